The van der Waals surface area contributed by atoms with Gasteiger partial charge in [0, 0.05) is 13.1 Å². The Labute approximate surface area is 83.7 Å². The zero-order valence-electron chi connectivity index (χ0n) is 8.65. The van der Waals surface area contributed by atoms with Gasteiger partial charge in [0.25, 0.3) is 0 Å². The molecule has 0 atom stereocenters. The molecule has 1 aromatic carbocycles. The number of anilines is 1. The van der Waals surface area contributed by atoms with E-state index in [2.05, 4.69) is 0 Å². The van der Waals surface area contributed by atoms with E-state index < -0.39 is 0 Å². The normalized spacial score (nSPS) is 9.71. The van der Waals surface area contributed by atoms with Crippen LogP contribution in [-0.2, 0) is 0 Å². The Hall–Kier alpha value is -1.42. The summed E-state index contributed by atoms with van der Waals surface area (Å²) in [6.07, 6.45) is 0. The Kier molecular flexibility index (Phi) is 3.59. The first-order valence-electron chi connectivity index (χ1n) is 4.27. The van der Waals surface area contributed by atoms with Crippen LogP contribution in [0.25, 0.3) is 0 Å². The highest BCUT2D eigenvalue weighted by molar-refractivity contribution is 5.60. The zero-order valence-corrected chi connectivity index (χ0v) is 8.65. The molecule has 0 amide bonds. The second kappa shape index (κ2) is 4.72. The molecule has 0 saturated heterocycles. The second-order valence-corrected chi connectivity index (χ2v) is 2.88. The van der Waals surface area contributed by atoms with E-state index in [0.29, 0.717) is 5.75 Å². The van der Waals surface area contributed by atoms with Crippen LogP contribution in [0.3, 0.4) is 0 Å². The third-order valence-electron chi connectivity index (χ3n) is 2.01. The standard InChI is InChI=1S/C10H15NO3/c1-11(7-12)9-5-4-8(13-2)6-10(9)14-3/h4-6,12H,7H2,1-3H3. The molecule has 4 heteroatoms. The molecule has 78 valence electrons. The summed E-state index contributed by atoms with van der Waals surface area (Å²) in [5.74, 6) is 1.41. The van der Waals surface area contributed by atoms with Crippen molar-refractivity contribution in [3.8, 4) is 11.5 Å². The highest BCUT2D eigenvalue weighted by Gasteiger charge is 2.07. The molecule has 0 fully saturated rings. The van der Waals surface area contributed by atoms with Gasteiger partial charge in [0.1, 0.15) is 18.2 Å². The minimum absolute atomic E-state index is 0.0529. The van der Waals surface area contributed by atoms with E-state index in [1.807, 2.05) is 12.1 Å². The molecule has 14 heavy (non-hydrogen) atoms. The van der Waals surface area contributed by atoms with Gasteiger partial charge in [0.05, 0.1) is 19.9 Å². The van der Waals surface area contributed by atoms with Gasteiger partial charge in [-0.25, -0.2) is 0 Å². The highest BCUT2D eigenvalue weighted by Crippen LogP contribution is 2.30. The number of aliphatic hydroxyl groups is 1. The Bertz CT molecular complexity index is 301. The lowest BCUT2D eigenvalue weighted by molar-refractivity contribution is 0.296. The molecule has 0 aliphatic rings. The maximum absolute atomic E-state index is 8.97. The second-order valence-electron chi connectivity index (χ2n) is 2.88. The Morgan fingerprint density at radius 2 is 2.00 bits per heavy atom. The van der Waals surface area contributed by atoms with E-state index in [9.17, 15) is 0 Å². The number of nitrogens with zero attached hydrogens (tertiary/aromatic N) is 1. The van der Waals surface area contributed by atoms with E-state index in [1.54, 1.807) is 32.2 Å². The molecular weight excluding hydrogens is 182 g/mol. The van der Waals surface area contributed by atoms with Gasteiger partial charge < -0.3 is 19.5 Å². The first-order chi connectivity index (χ1) is 6.72. The monoisotopic (exact) mass is 197 g/mol. The molecule has 1 N–H and O–H groups in total. The molecule has 0 aliphatic heterocycles. The quantitative estimate of drug-likeness (QED) is 0.734. The van der Waals surface area contributed by atoms with E-state index in [-0.39, 0.29) is 6.73 Å². The summed E-state index contributed by atoms with van der Waals surface area (Å²) in [7, 11) is 4.97. The smallest absolute Gasteiger partial charge is 0.145 e. The first-order valence-corrected chi connectivity index (χ1v) is 4.27. The minimum atomic E-state index is -0.0529. The van der Waals surface area contributed by atoms with E-state index in [1.165, 1.54) is 0 Å². The first kappa shape index (κ1) is 10.7. The molecule has 0 bridgehead atoms. The summed E-state index contributed by atoms with van der Waals surface area (Å²) in [5.41, 5.74) is 0.829. The summed E-state index contributed by atoms with van der Waals surface area (Å²) in [4.78, 5) is 1.68. The summed E-state index contributed by atoms with van der Waals surface area (Å²) < 4.78 is 10.2. The third-order valence-corrected chi connectivity index (χ3v) is 2.01. The minimum Gasteiger partial charge on any atom is -0.497 e. The molecule has 0 spiro atoms. The molecule has 1 aromatic rings. The van der Waals surface area contributed by atoms with Crippen molar-refractivity contribution >= 4 is 5.69 Å². The van der Waals surface area contributed by atoms with Crippen LogP contribution in [0.5, 0.6) is 11.5 Å². The lowest BCUT2D eigenvalue weighted by Gasteiger charge is -2.19. The number of methoxy groups -OCH3 is 2. The predicted octanol–water partition coefficient (Wildman–Crippen LogP) is 1.09. The fraction of sp³-hybridized carbons (Fsp3) is 0.400. The van der Waals surface area contributed by atoms with Crippen LogP contribution in [0.2, 0.25) is 0 Å². The van der Waals surface area contributed by atoms with Gasteiger partial charge >= 0.3 is 0 Å². The number of aliphatic hydroxyl groups excluding tert-OH is 1. The molecule has 0 radical (unpaired) electrons. The van der Waals surface area contributed by atoms with Crippen LogP contribution in [0, 0.1) is 0 Å². The van der Waals surface area contributed by atoms with Crippen LogP contribution >= 0.6 is 0 Å². The maximum atomic E-state index is 8.97. The van der Waals surface area contributed by atoms with Crippen molar-refractivity contribution in [1.29, 1.82) is 0 Å². The van der Waals surface area contributed by atoms with Gasteiger partial charge in [-0.1, -0.05) is 0 Å². The van der Waals surface area contributed by atoms with Crippen molar-refractivity contribution in [3.05, 3.63) is 18.2 Å². The van der Waals surface area contributed by atoms with Crippen molar-refractivity contribution in [1.82, 2.24) is 0 Å². The van der Waals surface area contributed by atoms with Crippen molar-refractivity contribution in [2.45, 2.75) is 0 Å². The number of hydrogen-bond donors (Lipinski definition) is 1. The van der Waals surface area contributed by atoms with Gasteiger partial charge in [-0.05, 0) is 12.1 Å². The van der Waals surface area contributed by atoms with Crippen molar-refractivity contribution in [2.24, 2.45) is 0 Å². The van der Waals surface area contributed by atoms with Crippen LogP contribution in [0.15, 0.2) is 18.2 Å². The third kappa shape index (κ3) is 2.09. The number of benzene rings is 1. The molecule has 1 rings (SSSR count). The van der Waals surface area contributed by atoms with Crippen molar-refractivity contribution < 1.29 is 14.6 Å². The van der Waals surface area contributed by atoms with Gasteiger partial charge in [-0.3, -0.25) is 0 Å². The fourth-order valence-electron chi connectivity index (χ4n) is 1.18. The largest absolute Gasteiger partial charge is 0.497 e. The van der Waals surface area contributed by atoms with Crippen LogP contribution in [-0.4, -0.2) is 33.1 Å². The van der Waals surface area contributed by atoms with Crippen molar-refractivity contribution in [2.75, 3.05) is 32.9 Å². The lowest BCUT2D eigenvalue weighted by Crippen LogP contribution is -2.18. The number of rotatable bonds is 4. The Balaban J connectivity index is 3.04. The van der Waals surface area contributed by atoms with Gasteiger partial charge in [-0.2, -0.15) is 0 Å². The van der Waals surface area contributed by atoms with E-state index in [0.717, 1.165) is 11.4 Å². The molecule has 0 heterocycles. The average molecular weight is 197 g/mol. The molecule has 0 aliphatic carbocycles. The maximum Gasteiger partial charge on any atom is 0.145 e. The summed E-state index contributed by atoms with van der Waals surface area (Å²) in [6.45, 7) is -0.0529. The molecule has 0 aromatic heterocycles. The SMILES string of the molecule is COc1ccc(N(C)CO)c(OC)c1. The lowest BCUT2D eigenvalue weighted by atomic mass is 10.2. The predicted molar refractivity (Wildman–Crippen MR) is 55.0 cm³/mol. The van der Waals surface area contributed by atoms with Crippen LogP contribution in [0.4, 0.5) is 5.69 Å². The highest BCUT2D eigenvalue weighted by atomic mass is 16.5. The molecule has 0 unspecified atom stereocenters. The fourth-order valence-corrected chi connectivity index (χ4v) is 1.18. The average Bonchev–Trinajstić information content (AvgIpc) is 2.27. The molecular formula is C10H15NO3. The van der Waals surface area contributed by atoms with Gasteiger partial charge in [0.15, 0.2) is 0 Å². The Morgan fingerprint density at radius 3 is 2.50 bits per heavy atom. The number of ether oxygens (including phenoxy) is 2. The molecule has 0 saturated carbocycles. The zero-order chi connectivity index (χ0) is 10.6. The Morgan fingerprint density at radius 1 is 1.29 bits per heavy atom. The summed E-state index contributed by atoms with van der Waals surface area (Å²) in [6, 6.07) is 5.44. The number of hydrogen-bond acceptors (Lipinski definition) is 4. The van der Waals surface area contributed by atoms with Crippen molar-refractivity contribution in [3.63, 3.8) is 0 Å². The molecule has 4 nitrogen and oxygen atoms in total. The van der Waals surface area contributed by atoms with E-state index >= 15 is 0 Å². The van der Waals surface area contributed by atoms with Crippen LogP contribution < -0.4 is 14.4 Å². The topological polar surface area (TPSA) is 41.9 Å². The van der Waals surface area contributed by atoms with Gasteiger partial charge in [-0.15, -0.1) is 0 Å². The van der Waals surface area contributed by atoms with Crippen LogP contribution in [0.1, 0.15) is 0 Å². The van der Waals surface area contributed by atoms with Gasteiger partial charge in [0.2, 0.25) is 0 Å². The summed E-state index contributed by atoms with van der Waals surface area (Å²) >= 11 is 0. The summed E-state index contributed by atoms with van der Waals surface area (Å²) in [5, 5.41) is 8.97. The van der Waals surface area contributed by atoms with E-state index in [4.69, 9.17) is 14.6 Å².